The van der Waals surface area contributed by atoms with Gasteiger partial charge in [-0.15, -0.1) is 0 Å². The van der Waals surface area contributed by atoms with Crippen molar-refractivity contribution < 1.29 is 4.74 Å². The van der Waals surface area contributed by atoms with E-state index in [1.807, 2.05) is 32.0 Å². The molecule has 0 spiro atoms. The van der Waals surface area contributed by atoms with Crippen LogP contribution in [0.1, 0.15) is 66.1 Å². The van der Waals surface area contributed by atoms with Gasteiger partial charge in [0.1, 0.15) is 0 Å². The predicted molar refractivity (Wildman–Crippen MR) is 130 cm³/mol. The van der Waals surface area contributed by atoms with Crippen LogP contribution in [0, 0.1) is 41.5 Å². The van der Waals surface area contributed by atoms with E-state index in [0.717, 1.165) is 26.2 Å². The van der Waals surface area contributed by atoms with Crippen LogP contribution in [0.5, 0.6) is 0 Å². The van der Waals surface area contributed by atoms with E-state index in [9.17, 15) is 0 Å². The Bertz CT molecular complexity index is 662. The minimum atomic E-state index is 0.807. The largest absolute Gasteiger partial charge is 0.383 e. The number of hydrogen-bond donors (Lipinski definition) is 0. The third-order valence-electron chi connectivity index (χ3n) is 5.63. The summed E-state index contributed by atoms with van der Waals surface area (Å²) in [5, 5.41) is 0. The SMILES string of the molecule is CC.CCCN(CCOC)Cc1c(C)c(C)c(C)c(C)c1C.Cc1ccccc1. The van der Waals surface area contributed by atoms with Crippen LogP contribution in [-0.2, 0) is 11.3 Å². The van der Waals surface area contributed by atoms with Crippen molar-refractivity contribution in [2.45, 2.75) is 75.3 Å². The van der Waals surface area contributed by atoms with Gasteiger partial charge in [-0.2, -0.15) is 0 Å². The third-order valence-corrected chi connectivity index (χ3v) is 5.63. The van der Waals surface area contributed by atoms with Crippen LogP contribution in [-0.4, -0.2) is 31.7 Å². The number of benzene rings is 2. The zero-order valence-electron chi connectivity index (χ0n) is 20.8. The summed E-state index contributed by atoms with van der Waals surface area (Å²) in [4.78, 5) is 2.51. The fourth-order valence-electron chi connectivity index (χ4n) is 3.38. The molecule has 0 saturated carbocycles. The highest BCUT2D eigenvalue weighted by Gasteiger charge is 2.14. The van der Waals surface area contributed by atoms with E-state index < -0.39 is 0 Å². The van der Waals surface area contributed by atoms with Crippen LogP contribution >= 0.6 is 0 Å². The molecule has 2 aromatic carbocycles. The number of aryl methyl sites for hydroxylation is 1. The van der Waals surface area contributed by atoms with Gasteiger partial charge in [0, 0.05) is 20.2 Å². The maximum Gasteiger partial charge on any atom is 0.0589 e. The quantitative estimate of drug-likeness (QED) is 0.492. The van der Waals surface area contributed by atoms with Crippen LogP contribution in [0.15, 0.2) is 30.3 Å². The summed E-state index contributed by atoms with van der Waals surface area (Å²) in [5.41, 5.74) is 10.1. The lowest BCUT2D eigenvalue weighted by Gasteiger charge is -2.26. The molecule has 0 amide bonds. The van der Waals surface area contributed by atoms with Gasteiger partial charge in [0.05, 0.1) is 6.61 Å². The topological polar surface area (TPSA) is 12.5 Å². The third kappa shape index (κ3) is 9.14. The first-order valence-corrected chi connectivity index (χ1v) is 11.1. The van der Waals surface area contributed by atoms with Gasteiger partial charge in [0.15, 0.2) is 0 Å². The summed E-state index contributed by atoms with van der Waals surface area (Å²) in [7, 11) is 1.78. The molecule has 2 rings (SSSR count). The minimum absolute atomic E-state index is 0.807. The second kappa shape index (κ2) is 15.2. The highest BCUT2D eigenvalue weighted by Crippen LogP contribution is 2.27. The van der Waals surface area contributed by atoms with Crippen molar-refractivity contribution in [3.05, 3.63) is 69.3 Å². The summed E-state index contributed by atoms with van der Waals surface area (Å²) in [6, 6.07) is 10.3. The Morgan fingerprint density at radius 3 is 1.59 bits per heavy atom. The van der Waals surface area contributed by atoms with Crippen molar-refractivity contribution in [2.75, 3.05) is 26.8 Å². The van der Waals surface area contributed by atoms with Gasteiger partial charge in [-0.1, -0.05) is 56.7 Å². The second-order valence-corrected chi connectivity index (χ2v) is 7.53. The van der Waals surface area contributed by atoms with Gasteiger partial charge in [-0.25, -0.2) is 0 Å². The van der Waals surface area contributed by atoms with E-state index in [1.54, 1.807) is 7.11 Å². The molecule has 0 atom stereocenters. The van der Waals surface area contributed by atoms with Crippen LogP contribution in [0.25, 0.3) is 0 Å². The van der Waals surface area contributed by atoms with Crippen molar-refractivity contribution in [1.82, 2.24) is 4.90 Å². The van der Waals surface area contributed by atoms with Crippen molar-refractivity contribution in [3.8, 4) is 0 Å². The number of methoxy groups -OCH3 is 1. The average Bonchev–Trinajstić information content (AvgIpc) is 2.74. The normalized spacial score (nSPS) is 10.2. The monoisotopic (exact) mass is 399 g/mol. The molecule has 29 heavy (non-hydrogen) atoms. The first-order chi connectivity index (χ1) is 13.8. The van der Waals surface area contributed by atoms with E-state index in [-0.39, 0.29) is 0 Å². The molecule has 0 aliphatic rings. The Balaban J connectivity index is 0.000000722. The molecule has 0 aromatic heterocycles. The Morgan fingerprint density at radius 1 is 0.724 bits per heavy atom. The Hall–Kier alpha value is -1.64. The molecule has 0 aliphatic carbocycles. The van der Waals surface area contributed by atoms with Gasteiger partial charge in [0.2, 0.25) is 0 Å². The summed E-state index contributed by atoms with van der Waals surface area (Å²) in [6.07, 6.45) is 1.19. The van der Waals surface area contributed by atoms with Crippen molar-refractivity contribution in [3.63, 3.8) is 0 Å². The van der Waals surface area contributed by atoms with Crippen molar-refractivity contribution in [1.29, 1.82) is 0 Å². The predicted octanol–water partition coefficient (Wildman–Crippen LogP) is 7.11. The molecule has 2 heteroatoms. The van der Waals surface area contributed by atoms with E-state index >= 15 is 0 Å². The molecule has 0 fully saturated rings. The zero-order valence-corrected chi connectivity index (χ0v) is 20.8. The highest BCUT2D eigenvalue weighted by molar-refractivity contribution is 5.49. The van der Waals surface area contributed by atoms with Gasteiger partial charge in [0.25, 0.3) is 0 Å². The van der Waals surface area contributed by atoms with Gasteiger partial charge >= 0.3 is 0 Å². The lowest BCUT2D eigenvalue weighted by molar-refractivity contribution is 0.144. The molecule has 2 aromatic rings. The standard InChI is InChI=1S/C18H31NO.C7H8.C2H6/c1-8-9-19(10-11-20-7)12-18-16(5)14(3)13(2)15(4)17(18)6;1-7-5-3-2-4-6-7;1-2/h8-12H2,1-7H3;2-6H,1H3;1-2H3. The molecule has 0 unspecified atom stereocenters. The van der Waals surface area contributed by atoms with E-state index in [2.05, 4.69) is 65.5 Å². The van der Waals surface area contributed by atoms with Crippen molar-refractivity contribution in [2.24, 2.45) is 0 Å². The van der Waals surface area contributed by atoms with Crippen LogP contribution in [0.2, 0.25) is 0 Å². The Morgan fingerprint density at radius 2 is 1.21 bits per heavy atom. The maximum absolute atomic E-state index is 5.24. The summed E-state index contributed by atoms with van der Waals surface area (Å²) in [6.45, 7) is 23.6. The van der Waals surface area contributed by atoms with Crippen molar-refractivity contribution >= 4 is 0 Å². The summed E-state index contributed by atoms with van der Waals surface area (Å²) >= 11 is 0. The number of nitrogens with zero attached hydrogens (tertiary/aromatic N) is 1. The van der Waals surface area contributed by atoms with Crippen LogP contribution in [0.3, 0.4) is 0 Å². The molecular formula is C27H45NO. The Labute approximate surface area is 181 Å². The average molecular weight is 400 g/mol. The smallest absolute Gasteiger partial charge is 0.0589 e. The fourth-order valence-corrected chi connectivity index (χ4v) is 3.38. The molecule has 0 radical (unpaired) electrons. The maximum atomic E-state index is 5.24. The van der Waals surface area contributed by atoms with Gasteiger partial charge in [-0.05, 0) is 87.9 Å². The summed E-state index contributed by atoms with van der Waals surface area (Å²) in [5.74, 6) is 0. The molecule has 0 aliphatic heterocycles. The van der Waals surface area contributed by atoms with Gasteiger partial charge < -0.3 is 4.74 Å². The number of hydrogen-bond acceptors (Lipinski definition) is 2. The van der Waals surface area contributed by atoms with Crippen LogP contribution in [0.4, 0.5) is 0 Å². The van der Waals surface area contributed by atoms with E-state index in [4.69, 9.17) is 4.74 Å². The fraction of sp³-hybridized carbons (Fsp3) is 0.556. The summed E-state index contributed by atoms with van der Waals surface area (Å²) < 4.78 is 5.24. The number of ether oxygens (including phenoxy) is 1. The first-order valence-electron chi connectivity index (χ1n) is 11.1. The lowest BCUT2D eigenvalue weighted by Crippen LogP contribution is -2.28. The molecule has 2 nitrogen and oxygen atoms in total. The van der Waals surface area contributed by atoms with Gasteiger partial charge in [-0.3, -0.25) is 4.90 Å². The van der Waals surface area contributed by atoms with E-state index in [1.165, 1.54) is 45.4 Å². The minimum Gasteiger partial charge on any atom is -0.383 e. The lowest BCUT2D eigenvalue weighted by atomic mass is 9.89. The molecule has 0 bridgehead atoms. The first kappa shape index (κ1) is 27.4. The zero-order chi connectivity index (χ0) is 22.4. The highest BCUT2D eigenvalue weighted by atomic mass is 16.5. The molecular weight excluding hydrogens is 354 g/mol. The molecule has 0 N–H and O–H groups in total. The Kier molecular flexibility index (Phi) is 14.4. The molecule has 0 heterocycles. The second-order valence-electron chi connectivity index (χ2n) is 7.53. The number of rotatable bonds is 7. The molecule has 164 valence electrons. The van der Waals surface area contributed by atoms with E-state index in [0.29, 0.717) is 0 Å². The molecule has 0 saturated heterocycles. The van der Waals surface area contributed by atoms with Crippen LogP contribution < -0.4 is 0 Å².